The second-order valence-corrected chi connectivity index (χ2v) is 3.84. The Morgan fingerprint density at radius 2 is 2.29 bits per heavy atom. The Labute approximate surface area is 85.1 Å². The number of rotatable bonds is 3. The number of hydrogen-bond donors (Lipinski definition) is 1. The van der Waals surface area contributed by atoms with E-state index in [1.807, 2.05) is 6.92 Å². The average Bonchev–Trinajstić information content (AvgIpc) is 2.62. The van der Waals surface area contributed by atoms with Crippen LogP contribution < -0.4 is 10.5 Å². The maximum Gasteiger partial charge on any atom is 0.122 e. The first-order valence-corrected chi connectivity index (χ1v) is 5.28. The van der Waals surface area contributed by atoms with Crippen LogP contribution >= 0.6 is 0 Å². The minimum atomic E-state index is 0.617. The predicted octanol–water partition coefficient (Wildman–Crippen LogP) is 1.76. The molecule has 2 N–H and O–H groups in total. The van der Waals surface area contributed by atoms with Gasteiger partial charge in [0.25, 0.3) is 0 Å². The molecule has 2 rings (SSSR count). The molecule has 76 valence electrons. The lowest BCUT2D eigenvalue weighted by atomic mass is 10.1. The third kappa shape index (κ3) is 1.62. The summed E-state index contributed by atoms with van der Waals surface area (Å²) in [5, 5.41) is 0. The number of fused-ring (bicyclic) bond motifs is 1. The largest absolute Gasteiger partial charge is 0.494 e. The van der Waals surface area contributed by atoms with E-state index in [0.717, 1.165) is 31.7 Å². The van der Waals surface area contributed by atoms with Crippen LogP contribution in [0.15, 0.2) is 18.2 Å². The third-order valence-corrected chi connectivity index (χ3v) is 2.86. The van der Waals surface area contributed by atoms with Crippen molar-refractivity contribution in [3.63, 3.8) is 0 Å². The van der Waals surface area contributed by atoms with Crippen molar-refractivity contribution in [3.05, 3.63) is 29.3 Å². The molecule has 1 aliphatic rings. The molecule has 2 nitrogen and oxygen atoms in total. The SMILES string of the molecule is CCOc1cccc2c1CC(CN)C2. The molecule has 0 fully saturated rings. The summed E-state index contributed by atoms with van der Waals surface area (Å²) >= 11 is 0. The van der Waals surface area contributed by atoms with E-state index in [1.54, 1.807) is 0 Å². The summed E-state index contributed by atoms with van der Waals surface area (Å²) in [5.74, 6) is 1.67. The molecule has 2 heteroatoms. The lowest BCUT2D eigenvalue weighted by Crippen LogP contribution is -2.13. The van der Waals surface area contributed by atoms with Crippen molar-refractivity contribution in [2.45, 2.75) is 19.8 Å². The van der Waals surface area contributed by atoms with E-state index in [0.29, 0.717) is 5.92 Å². The van der Waals surface area contributed by atoms with Gasteiger partial charge in [-0.05, 0) is 49.4 Å². The molecule has 1 aromatic carbocycles. The summed E-state index contributed by atoms with van der Waals surface area (Å²) in [6, 6.07) is 6.32. The lowest BCUT2D eigenvalue weighted by Gasteiger charge is -2.08. The van der Waals surface area contributed by atoms with Gasteiger partial charge in [0.05, 0.1) is 6.61 Å². The molecular weight excluding hydrogens is 174 g/mol. The Kier molecular flexibility index (Phi) is 2.73. The molecule has 14 heavy (non-hydrogen) atoms. The highest BCUT2D eigenvalue weighted by atomic mass is 16.5. The molecule has 0 saturated heterocycles. The average molecular weight is 191 g/mol. The zero-order valence-electron chi connectivity index (χ0n) is 8.62. The molecule has 0 heterocycles. The molecule has 0 amide bonds. The van der Waals surface area contributed by atoms with Gasteiger partial charge >= 0.3 is 0 Å². The summed E-state index contributed by atoms with van der Waals surface area (Å²) in [5.41, 5.74) is 8.50. The van der Waals surface area contributed by atoms with Gasteiger partial charge in [-0.1, -0.05) is 12.1 Å². The quantitative estimate of drug-likeness (QED) is 0.790. The lowest BCUT2D eigenvalue weighted by molar-refractivity contribution is 0.336. The van der Waals surface area contributed by atoms with Crippen molar-refractivity contribution in [1.82, 2.24) is 0 Å². The van der Waals surface area contributed by atoms with Crippen LogP contribution in [-0.4, -0.2) is 13.2 Å². The maximum absolute atomic E-state index is 5.70. The Morgan fingerprint density at radius 3 is 3.00 bits per heavy atom. The highest BCUT2D eigenvalue weighted by Crippen LogP contribution is 2.33. The predicted molar refractivity (Wildman–Crippen MR) is 57.6 cm³/mol. The van der Waals surface area contributed by atoms with Crippen LogP contribution in [0, 0.1) is 5.92 Å². The van der Waals surface area contributed by atoms with Crippen LogP contribution in [0.4, 0.5) is 0 Å². The van der Waals surface area contributed by atoms with Gasteiger partial charge in [0.1, 0.15) is 5.75 Å². The van der Waals surface area contributed by atoms with Crippen LogP contribution in [0.25, 0.3) is 0 Å². The summed E-state index contributed by atoms with van der Waals surface area (Å²) in [6.07, 6.45) is 2.20. The number of hydrogen-bond acceptors (Lipinski definition) is 2. The maximum atomic E-state index is 5.70. The molecule has 0 bridgehead atoms. The van der Waals surface area contributed by atoms with E-state index in [4.69, 9.17) is 10.5 Å². The molecule has 0 radical (unpaired) electrons. The number of benzene rings is 1. The highest BCUT2D eigenvalue weighted by Gasteiger charge is 2.22. The zero-order valence-corrected chi connectivity index (χ0v) is 8.62. The molecule has 0 spiro atoms. The van der Waals surface area contributed by atoms with Gasteiger partial charge in [0.15, 0.2) is 0 Å². The van der Waals surface area contributed by atoms with Crippen molar-refractivity contribution in [1.29, 1.82) is 0 Å². The first kappa shape index (κ1) is 9.53. The highest BCUT2D eigenvalue weighted by molar-refractivity contribution is 5.43. The summed E-state index contributed by atoms with van der Waals surface area (Å²) < 4.78 is 5.60. The van der Waals surface area contributed by atoms with E-state index < -0.39 is 0 Å². The normalized spacial score (nSPS) is 19.4. The Balaban J connectivity index is 2.26. The summed E-state index contributed by atoms with van der Waals surface area (Å²) in [6.45, 7) is 3.54. The van der Waals surface area contributed by atoms with Crippen molar-refractivity contribution >= 4 is 0 Å². The molecular formula is C12H17NO. The fraction of sp³-hybridized carbons (Fsp3) is 0.500. The van der Waals surface area contributed by atoms with E-state index >= 15 is 0 Å². The number of ether oxygens (including phenoxy) is 1. The first-order valence-electron chi connectivity index (χ1n) is 5.28. The molecule has 0 aliphatic heterocycles. The second-order valence-electron chi connectivity index (χ2n) is 3.84. The zero-order chi connectivity index (χ0) is 9.97. The third-order valence-electron chi connectivity index (χ3n) is 2.86. The number of nitrogens with two attached hydrogens (primary N) is 1. The first-order chi connectivity index (χ1) is 6.85. The van der Waals surface area contributed by atoms with Gasteiger partial charge in [0.2, 0.25) is 0 Å². The molecule has 0 saturated carbocycles. The van der Waals surface area contributed by atoms with Crippen molar-refractivity contribution in [2.24, 2.45) is 11.7 Å². The standard InChI is InChI=1S/C12H17NO/c1-2-14-12-5-3-4-10-6-9(8-13)7-11(10)12/h3-5,9H,2,6-8,13H2,1H3. The van der Waals surface area contributed by atoms with Crippen LogP contribution in [0.2, 0.25) is 0 Å². The smallest absolute Gasteiger partial charge is 0.122 e. The van der Waals surface area contributed by atoms with Crippen molar-refractivity contribution in [3.8, 4) is 5.75 Å². The van der Waals surface area contributed by atoms with Gasteiger partial charge in [-0.2, -0.15) is 0 Å². The monoisotopic (exact) mass is 191 g/mol. The Morgan fingerprint density at radius 1 is 1.43 bits per heavy atom. The van der Waals surface area contributed by atoms with Crippen LogP contribution in [-0.2, 0) is 12.8 Å². The van der Waals surface area contributed by atoms with E-state index in [2.05, 4.69) is 18.2 Å². The minimum absolute atomic E-state index is 0.617. The van der Waals surface area contributed by atoms with Crippen LogP contribution in [0.3, 0.4) is 0 Å². The van der Waals surface area contributed by atoms with E-state index in [-0.39, 0.29) is 0 Å². The Hall–Kier alpha value is -1.02. The Bertz CT molecular complexity index is 322. The minimum Gasteiger partial charge on any atom is -0.494 e. The molecule has 1 aromatic rings. The fourth-order valence-electron chi connectivity index (χ4n) is 2.16. The van der Waals surface area contributed by atoms with E-state index in [1.165, 1.54) is 11.1 Å². The molecule has 1 aliphatic carbocycles. The van der Waals surface area contributed by atoms with Crippen LogP contribution in [0.5, 0.6) is 5.75 Å². The topological polar surface area (TPSA) is 35.2 Å². The van der Waals surface area contributed by atoms with Gasteiger partial charge in [-0.25, -0.2) is 0 Å². The molecule has 0 aromatic heterocycles. The summed E-state index contributed by atoms with van der Waals surface area (Å²) in [7, 11) is 0. The molecule has 1 unspecified atom stereocenters. The second kappa shape index (κ2) is 4.01. The van der Waals surface area contributed by atoms with Crippen molar-refractivity contribution in [2.75, 3.05) is 13.2 Å². The fourth-order valence-corrected chi connectivity index (χ4v) is 2.16. The van der Waals surface area contributed by atoms with Gasteiger partial charge < -0.3 is 10.5 Å². The van der Waals surface area contributed by atoms with Gasteiger partial charge in [-0.15, -0.1) is 0 Å². The van der Waals surface area contributed by atoms with E-state index in [9.17, 15) is 0 Å². The van der Waals surface area contributed by atoms with Gasteiger partial charge in [-0.3, -0.25) is 0 Å². The molecule has 1 atom stereocenters. The van der Waals surface area contributed by atoms with Crippen molar-refractivity contribution < 1.29 is 4.74 Å². The van der Waals surface area contributed by atoms with Crippen LogP contribution in [0.1, 0.15) is 18.1 Å². The van der Waals surface area contributed by atoms with Gasteiger partial charge in [0, 0.05) is 0 Å². The summed E-state index contributed by atoms with van der Waals surface area (Å²) in [4.78, 5) is 0.